The lowest BCUT2D eigenvalue weighted by Crippen LogP contribution is -1.92. The van der Waals surface area contributed by atoms with Crippen LogP contribution in [-0.2, 0) is 0 Å². The SMILES string of the molecule is Cc1cccc2c(C#Cc3ccccc3)c3ccccc3c(C#Cc3ccccc3)c12. The summed E-state index contributed by atoms with van der Waals surface area (Å²) < 4.78 is 0. The van der Waals surface area contributed by atoms with Gasteiger partial charge in [0.2, 0.25) is 0 Å². The van der Waals surface area contributed by atoms with Crippen molar-refractivity contribution in [3.63, 3.8) is 0 Å². The lowest BCUT2D eigenvalue weighted by atomic mass is 9.89. The number of benzene rings is 5. The first-order valence-electron chi connectivity index (χ1n) is 10.4. The van der Waals surface area contributed by atoms with Crippen LogP contribution in [-0.4, -0.2) is 0 Å². The fraction of sp³-hybridized carbons (Fsp3) is 0.0323. The van der Waals surface area contributed by atoms with Gasteiger partial charge in [0.15, 0.2) is 0 Å². The summed E-state index contributed by atoms with van der Waals surface area (Å²) in [6.45, 7) is 2.15. The maximum atomic E-state index is 3.49. The number of hydrogen-bond acceptors (Lipinski definition) is 0. The van der Waals surface area contributed by atoms with E-state index in [1.165, 1.54) is 10.9 Å². The fourth-order valence-electron chi connectivity index (χ4n) is 3.98. The minimum atomic E-state index is 1.01. The Hall–Kier alpha value is -4.26. The molecule has 5 aromatic carbocycles. The van der Waals surface area contributed by atoms with Crippen LogP contribution in [0.1, 0.15) is 27.8 Å². The van der Waals surface area contributed by atoms with Crippen molar-refractivity contribution in [1.82, 2.24) is 0 Å². The van der Waals surface area contributed by atoms with E-state index < -0.39 is 0 Å². The van der Waals surface area contributed by atoms with Crippen molar-refractivity contribution < 1.29 is 0 Å². The lowest BCUT2D eigenvalue weighted by Gasteiger charge is -2.12. The van der Waals surface area contributed by atoms with Crippen molar-refractivity contribution in [2.24, 2.45) is 0 Å². The van der Waals surface area contributed by atoms with E-state index in [0.29, 0.717) is 0 Å². The Kier molecular flexibility index (Phi) is 4.98. The highest BCUT2D eigenvalue weighted by Gasteiger charge is 2.13. The summed E-state index contributed by atoms with van der Waals surface area (Å²) in [5.41, 5.74) is 5.37. The van der Waals surface area contributed by atoms with Gasteiger partial charge in [-0.05, 0) is 52.9 Å². The van der Waals surface area contributed by atoms with Gasteiger partial charge in [0.25, 0.3) is 0 Å². The summed E-state index contributed by atoms with van der Waals surface area (Å²) in [5.74, 6) is 13.7. The van der Waals surface area contributed by atoms with Gasteiger partial charge < -0.3 is 0 Å². The molecule has 5 rings (SSSR count). The summed E-state index contributed by atoms with van der Waals surface area (Å²) >= 11 is 0. The van der Waals surface area contributed by atoms with Gasteiger partial charge in [-0.25, -0.2) is 0 Å². The summed E-state index contributed by atoms with van der Waals surface area (Å²) in [6, 6.07) is 35.2. The van der Waals surface area contributed by atoms with Crippen LogP contribution in [0.5, 0.6) is 0 Å². The topological polar surface area (TPSA) is 0 Å². The standard InChI is InChI=1S/C31H20/c1-23-11-10-18-29-28(21-19-24-12-4-2-5-13-24)26-16-8-9-17-27(26)30(31(23)29)22-20-25-14-6-3-7-15-25/h2-18H,1H3. The number of hydrogen-bond donors (Lipinski definition) is 0. The average Bonchev–Trinajstić information content (AvgIpc) is 2.83. The third-order valence-corrected chi connectivity index (χ3v) is 5.47. The fourth-order valence-corrected chi connectivity index (χ4v) is 3.98. The minimum absolute atomic E-state index is 1.01. The van der Waals surface area contributed by atoms with E-state index in [1.54, 1.807) is 0 Å². The second-order valence-corrected chi connectivity index (χ2v) is 7.53. The largest absolute Gasteiger partial charge is 0.0622 e. The molecule has 5 aromatic rings. The zero-order chi connectivity index (χ0) is 21.0. The Morgan fingerprint density at radius 1 is 0.419 bits per heavy atom. The van der Waals surface area contributed by atoms with Crippen LogP contribution >= 0.6 is 0 Å². The highest BCUT2D eigenvalue weighted by Crippen LogP contribution is 2.34. The van der Waals surface area contributed by atoms with Gasteiger partial charge in [-0.1, -0.05) is 103 Å². The van der Waals surface area contributed by atoms with Crippen LogP contribution in [0.3, 0.4) is 0 Å². The molecule has 0 heterocycles. The molecule has 0 radical (unpaired) electrons. The molecular weight excluding hydrogens is 372 g/mol. The smallest absolute Gasteiger partial charge is 0.0409 e. The molecule has 0 amide bonds. The third kappa shape index (κ3) is 3.69. The number of fused-ring (bicyclic) bond motifs is 2. The quantitative estimate of drug-likeness (QED) is 0.195. The first-order valence-corrected chi connectivity index (χ1v) is 10.4. The molecule has 144 valence electrons. The summed E-state index contributed by atoms with van der Waals surface area (Å²) in [4.78, 5) is 0. The van der Waals surface area contributed by atoms with Gasteiger partial charge in [-0.3, -0.25) is 0 Å². The molecule has 0 aliphatic carbocycles. The molecule has 0 heteroatoms. The maximum Gasteiger partial charge on any atom is 0.0409 e. The molecule has 0 unspecified atom stereocenters. The summed E-state index contributed by atoms with van der Waals surface area (Å²) in [5, 5.41) is 4.62. The molecule has 0 bridgehead atoms. The second kappa shape index (κ2) is 8.23. The second-order valence-electron chi connectivity index (χ2n) is 7.53. The van der Waals surface area contributed by atoms with Crippen molar-refractivity contribution in [2.75, 3.05) is 0 Å². The van der Waals surface area contributed by atoms with Gasteiger partial charge in [0, 0.05) is 27.6 Å². The lowest BCUT2D eigenvalue weighted by molar-refractivity contribution is 1.53. The number of aryl methyl sites for hydroxylation is 1. The zero-order valence-electron chi connectivity index (χ0n) is 17.3. The predicted octanol–water partition coefficient (Wildman–Crippen LogP) is 7.10. The van der Waals surface area contributed by atoms with Gasteiger partial charge >= 0.3 is 0 Å². The molecule has 0 saturated heterocycles. The first-order chi connectivity index (χ1) is 15.3. The molecule has 0 fully saturated rings. The van der Waals surface area contributed by atoms with E-state index >= 15 is 0 Å². The van der Waals surface area contributed by atoms with Gasteiger partial charge in [0.1, 0.15) is 0 Å². The Morgan fingerprint density at radius 3 is 1.52 bits per heavy atom. The van der Waals surface area contributed by atoms with Crippen LogP contribution in [0.15, 0.2) is 103 Å². The summed E-state index contributed by atoms with van der Waals surface area (Å²) in [6.07, 6.45) is 0. The molecule has 31 heavy (non-hydrogen) atoms. The van der Waals surface area contributed by atoms with E-state index in [9.17, 15) is 0 Å². The van der Waals surface area contributed by atoms with Crippen molar-refractivity contribution in [3.05, 3.63) is 131 Å². The highest BCUT2D eigenvalue weighted by molar-refractivity contribution is 6.10. The zero-order valence-corrected chi connectivity index (χ0v) is 17.3. The van der Waals surface area contributed by atoms with Crippen LogP contribution < -0.4 is 0 Å². The van der Waals surface area contributed by atoms with Crippen molar-refractivity contribution in [3.8, 4) is 23.7 Å². The highest BCUT2D eigenvalue weighted by atomic mass is 14.1. The Balaban J connectivity index is 1.84. The summed E-state index contributed by atoms with van der Waals surface area (Å²) in [7, 11) is 0. The van der Waals surface area contributed by atoms with E-state index in [2.05, 4.69) is 73.1 Å². The van der Waals surface area contributed by atoms with Crippen molar-refractivity contribution >= 4 is 21.5 Å². The predicted molar refractivity (Wildman–Crippen MR) is 131 cm³/mol. The van der Waals surface area contributed by atoms with Crippen LogP contribution in [0.2, 0.25) is 0 Å². The molecule has 0 N–H and O–H groups in total. The minimum Gasteiger partial charge on any atom is -0.0622 e. The Bertz CT molecular complexity index is 1520. The van der Waals surface area contributed by atoms with E-state index in [1.807, 2.05) is 60.7 Å². The molecule has 0 atom stereocenters. The molecule has 0 spiro atoms. The molecule has 0 aromatic heterocycles. The molecule has 0 nitrogen and oxygen atoms in total. The maximum absolute atomic E-state index is 3.49. The normalized spacial score (nSPS) is 10.2. The van der Waals surface area contributed by atoms with Crippen LogP contribution in [0, 0.1) is 30.6 Å². The van der Waals surface area contributed by atoms with Gasteiger partial charge in [0.05, 0.1) is 0 Å². The van der Waals surface area contributed by atoms with Crippen LogP contribution in [0.25, 0.3) is 21.5 Å². The number of rotatable bonds is 0. The Morgan fingerprint density at radius 2 is 0.903 bits per heavy atom. The van der Waals surface area contributed by atoms with Crippen LogP contribution in [0.4, 0.5) is 0 Å². The van der Waals surface area contributed by atoms with Gasteiger partial charge in [-0.15, -0.1) is 0 Å². The molecule has 0 aliphatic rings. The van der Waals surface area contributed by atoms with E-state index in [0.717, 1.165) is 38.4 Å². The first kappa shape index (κ1) is 18.7. The molecule has 0 saturated carbocycles. The van der Waals surface area contributed by atoms with Crippen molar-refractivity contribution in [1.29, 1.82) is 0 Å². The third-order valence-electron chi connectivity index (χ3n) is 5.47. The monoisotopic (exact) mass is 392 g/mol. The van der Waals surface area contributed by atoms with E-state index in [4.69, 9.17) is 0 Å². The van der Waals surface area contributed by atoms with Gasteiger partial charge in [-0.2, -0.15) is 0 Å². The molecule has 0 aliphatic heterocycles. The van der Waals surface area contributed by atoms with Crippen molar-refractivity contribution in [2.45, 2.75) is 6.92 Å². The Labute approximate surface area is 183 Å². The average molecular weight is 393 g/mol. The molecular formula is C31H20. The van der Waals surface area contributed by atoms with E-state index in [-0.39, 0.29) is 0 Å².